The van der Waals surface area contributed by atoms with E-state index in [0.29, 0.717) is 39.4 Å². The summed E-state index contributed by atoms with van der Waals surface area (Å²) in [6.07, 6.45) is 0. The van der Waals surface area contributed by atoms with Crippen molar-refractivity contribution in [1.82, 2.24) is 0 Å². The highest BCUT2D eigenvalue weighted by Gasteiger charge is 2.26. The van der Waals surface area contributed by atoms with Gasteiger partial charge in [-0.2, -0.15) is 8.42 Å². The number of hydrogen-bond donors (Lipinski definition) is 1. The first kappa shape index (κ1) is 21.3. The number of nitrogens with one attached hydrogen (secondary N) is 1. The molecule has 160 valence electrons. The van der Waals surface area contributed by atoms with Gasteiger partial charge < -0.3 is 14.8 Å². The Kier molecular flexibility index (Phi) is 5.97. The molecule has 0 aromatic heterocycles. The first-order chi connectivity index (χ1) is 14.9. The van der Waals surface area contributed by atoms with Gasteiger partial charge in [-0.25, -0.2) is 4.39 Å². The van der Waals surface area contributed by atoms with E-state index in [2.05, 4.69) is 25.6 Å². The van der Waals surface area contributed by atoms with Gasteiger partial charge in [-0.3, -0.25) is 0 Å². The minimum absolute atomic E-state index is 0.00560. The van der Waals surface area contributed by atoms with Crippen LogP contribution in [-0.4, -0.2) is 20.9 Å². The standard InChI is InChI=1S/C22H18BrFN2O4S/c1-2-29-19-12-15(22-25-18-9-5-6-10-20(18)31(27,28)26-22)11-16(23)21(19)30-13-14-7-3-4-8-17(14)24/h3-12H,2,13H2,1H3,(H,25,26). The van der Waals surface area contributed by atoms with Gasteiger partial charge in [0.05, 0.1) is 16.8 Å². The van der Waals surface area contributed by atoms with Crippen LogP contribution in [0.2, 0.25) is 0 Å². The highest BCUT2D eigenvalue weighted by molar-refractivity contribution is 9.10. The van der Waals surface area contributed by atoms with Crippen molar-refractivity contribution in [2.45, 2.75) is 18.4 Å². The average molecular weight is 505 g/mol. The number of benzene rings is 3. The lowest BCUT2D eigenvalue weighted by Crippen LogP contribution is -2.22. The molecule has 0 amide bonds. The summed E-state index contributed by atoms with van der Waals surface area (Å²) >= 11 is 3.46. The molecule has 0 aliphatic carbocycles. The quantitative estimate of drug-likeness (QED) is 0.503. The van der Waals surface area contributed by atoms with Crippen molar-refractivity contribution in [3.05, 3.63) is 82.1 Å². The zero-order valence-electron chi connectivity index (χ0n) is 16.4. The van der Waals surface area contributed by atoms with E-state index in [1.807, 2.05) is 6.92 Å². The minimum Gasteiger partial charge on any atom is -0.490 e. The van der Waals surface area contributed by atoms with Gasteiger partial charge in [0.2, 0.25) is 0 Å². The molecule has 0 bridgehead atoms. The molecule has 0 unspecified atom stereocenters. The van der Waals surface area contributed by atoms with E-state index >= 15 is 0 Å². The van der Waals surface area contributed by atoms with E-state index in [4.69, 9.17) is 9.47 Å². The summed E-state index contributed by atoms with van der Waals surface area (Å²) in [5.41, 5.74) is 1.34. The van der Waals surface area contributed by atoms with E-state index in [0.717, 1.165) is 0 Å². The summed E-state index contributed by atoms with van der Waals surface area (Å²) < 4.78 is 55.1. The summed E-state index contributed by atoms with van der Waals surface area (Å²) in [4.78, 5) is 0.118. The van der Waals surface area contributed by atoms with Crippen molar-refractivity contribution in [1.29, 1.82) is 0 Å². The van der Waals surface area contributed by atoms with Gasteiger partial charge in [0.1, 0.15) is 17.3 Å². The van der Waals surface area contributed by atoms with Gasteiger partial charge in [-0.05, 0) is 53.2 Å². The number of fused-ring (bicyclic) bond motifs is 1. The lowest BCUT2D eigenvalue weighted by molar-refractivity contribution is 0.264. The van der Waals surface area contributed by atoms with Crippen LogP contribution in [0, 0.1) is 5.82 Å². The lowest BCUT2D eigenvalue weighted by Gasteiger charge is -2.20. The molecule has 0 fully saturated rings. The summed E-state index contributed by atoms with van der Waals surface area (Å²) in [6.45, 7) is 2.18. The number of para-hydroxylation sites is 1. The Labute approximate surface area is 187 Å². The van der Waals surface area contributed by atoms with Crippen LogP contribution in [0.25, 0.3) is 0 Å². The third-order valence-corrected chi connectivity index (χ3v) is 6.47. The van der Waals surface area contributed by atoms with Gasteiger partial charge in [-0.15, -0.1) is 4.40 Å². The van der Waals surface area contributed by atoms with E-state index in [1.165, 1.54) is 12.1 Å². The maximum Gasteiger partial charge on any atom is 0.286 e. The van der Waals surface area contributed by atoms with Crippen LogP contribution in [0.3, 0.4) is 0 Å². The molecule has 6 nitrogen and oxygen atoms in total. The van der Waals surface area contributed by atoms with Crippen molar-refractivity contribution >= 4 is 37.5 Å². The minimum atomic E-state index is -3.84. The molecule has 3 aromatic carbocycles. The largest absolute Gasteiger partial charge is 0.490 e. The molecule has 0 saturated carbocycles. The summed E-state index contributed by atoms with van der Waals surface area (Å²) in [7, 11) is -3.84. The molecular formula is C22H18BrFN2O4S. The third kappa shape index (κ3) is 4.42. The van der Waals surface area contributed by atoms with Gasteiger partial charge >= 0.3 is 0 Å². The summed E-state index contributed by atoms with van der Waals surface area (Å²) in [6, 6.07) is 16.2. The molecule has 1 aliphatic rings. The van der Waals surface area contributed by atoms with Crippen molar-refractivity contribution in [3.8, 4) is 11.5 Å². The Balaban J connectivity index is 1.69. The maximum atomic E-state index is 13.9. The molecule has 9 heteroatoms. The molecule has 3 aromatic rings. The predicted molar refractivity (Wildman–Crippen MR) is 120 cm³/mol. The lowest BCUT2D eigenvalue weighted by atomic mass is 10.1. The number of rotatable bonds is 6. The number of sulfonamides is 1. The number of amidine groups is 1. The van der Waals surface area contributed by atoms with E-state index in [1.54, 1.807) is 48.5 Å². The molecule has 1 aliphatic heterocycles. The van der Waals surface area contributed by atoms with Gasteiger partial charge in [-0.1, -0.05) is 30.3 Å². The molecule has 1 N–H and O–H groups in total. The molecule has 1 heterocycles. The van der Waals surface area contributed by atoms with Crippen molar-refractivity contribution < 1.29 is 22.3 Å². The SMILES string of the molecule is CCOc1cc(C2=NS(=O)(=O)c3ccccc3N2)cc(Br)c1OCc1ccccc1F. The third-order valence-electron chi connectivity index (χ3n) is 4.54. The second-order valence-corrected chi connectivity index (χ2v) is 9.06. The number of anilines is 1. The van der Waals surface area contributed by atoms with Crippen LogP contribution in [0.1, 0.15) is 18.1 Å². The van der Waals surface area contributed by atoms with Crippen molar-refractivity contribution in [2.75, 3.05) is 11.9 Å². The highest BCUT2D eigenvalue weighted by Crippen LogP contribution is 2.39. The van der Waals surface area contributed by atoms with E-state index in [-0.39, 0.29) is 23.2 Å². The van der Waals surface area contributed by atoms with Crippen LogP contribution >= 0.6 is 15.9 Å². The van der Waals surface area contributed by atoms with Gasteiger partial charge in [0.25, 0.3) is 10.0 Å². The second-order valence-electron chi connectivity index (χ2n) is 6.63. The van der Waals surface area contributed by atoms with Crippen LogP contribution < -0.4 is 14.8 Å². The first-order valence-electron chi connectivity index (χ1n) is 9.43. The zero-order valence-corrected chi connectivity index (χ0v) is 18.8. The molecule has 0 radical (unpaired) electrons. The van der Waals surface area contributed by atoms with Crippen molar-refractivity contribution in [3.63, 3.8) is 0 Å². The second kappa shape index (κ2) is 8.68. The Morgan fingerprint density at radius 3 is 2.58 bits per heavy atom. The zero-order chi connectivity index (χ0) is 22.0. The molecule has 31 heavy (non-hydrogen) atoms. The van der Waals surface area contributed by atoms with Crippen LogP contribution in [0.15, 0.2) is 74.4 Å². The Bertz CT molecular complexity index is 1280. The van der Waals surface area contributed by atoms with Gasteiger partial charge in [0.15, 0.2) is 17.3 Å². The molecule has 0 atom stereocenters. The summed E-state index contributed by atoms with van der Waals surface area (Å²) in [5, 5.41) is 3.05. The highest BCUT2D eigenvalue weighted by atomic mass is 79.9. The smallest absolute Gasteiger partial charge is 0.286 e. The van der Waals surface area contributed by atoms with Crippen LogP contribution in [0.5, 0.6) is 11.5 Å². The maximum absolute atomic E-state index is 13.9. The molecule has 0 spiro atoms. The van der Waals surface area contributed by atoms with Crippen LogP contribution in [0.4, 0.5) is 10.1 Å². The Hall–Kier alpha value is -2.91. The fourth-order valence-corrected chi connectivity index (χ4v) is 4.81. The van der Waals surface area contributed by atoms with Crippen LogP contribution in [-0.2, 0) is 16.6 Å². The number of halogens is 2. The van der Waals surface area contributed by atoms with E-state index < -0.39 is 10.0 Å². The normalized spacial score (nSPS) is 14.2. The summed E-state index contributed by atoms with van der Waals surface area (Å²) in [5.74, 6) is 0.566. The number of ether oxygens (including phenoxy) is 2. The number of nitrogens with zero attached hydrogens (tertiary/aromatic N) is 1. The van der Waals surface area contributed by atoms with Gasteiger partial charge in [0, 0.05) is 11.1 Å². The molecule has 4 rings (SSSR count). The predicted octanol–water partition coefficient (Wildman–Crippen LogP) is 5.13. The molecule has 0 saturated heterocycles. The van der Waals surface area contributed by atoms with Crippen molar-refractivity contribution in [2.24, 2.45) is 4.40 Å². The fraction of sp³-hybridized carbons (Fsp3) is 0.136. The topological polar surface area (TPSA) is 77.0 Å². The van der Waals surface area contributed by atoms with E-state index in [9.17, 15) is 12.8 Å². The first-order valence-corrected chi connectivity index (χ1v) is 11.7. The average Bonchev–Trinajstić information content (AvgIpc) is 2.74. The Morgan fingerprint density at radius 2 is 1.81 bits per heavy atom. The molecular weight excluding hydrogens is 487 g/mol. The monoisotopic (exact) mass is 504 g/mol. The fourth-order valence-electron chi connectivity index (χ4n) is 3.11. The number of hydrogen-bond acceptors (Lipinski definition) is 5. The Morgan fingerprint density at radius 1 is 1.06 bits per heavy atom.